The molecule has 1 aromatic carbocycles. The number of hydrogen-bond donors (Lipinski definition) is 1. The maximum atomic E-state index is 13.0. The van der Waals surface area contributed by atoms with E-state index in [1.165, 1.54) is 28.9 Å². The highest BCUT2D eigenvalue weighted by molar-refractivity contribution is 6.03. The van der Waals surface area contributed by atoms with Crippen LogP contribution >= 0.6 is 0 Å². The Morgan fingerprint density at radius 2 is 1.89 bits per heavy atom. The zero-order valence-electron chi connectivity index (χ0n) is 9.88. The van der Waals surface area contributed by atoms with Crippen molar-refractivity contribution in [2.45, 2.75) is 0 Å². The van der Waals surface area contributed by atoms with E-state index in [1.807, 2.05) is 18.2 Å². The lowest BCUT2D eigenvalue weighted by Crippen LogP contribution is -2.11. The number of fused-ring (bicyclic) bond motifs is 1. The van der Waals surface area contributed by atoms with Gasteiger partial charge >= 0.3 is 0 Å². The Kier molecular flexibility index (Phi) is 2.72. The summed E-state index contributed by atoms with van der Waals surface area (Å²) in [6, 6.07) is 11.9. The van der Waals surface area contributed by atoms with Crippen LogP contribution in [0.15, 0.2) is 54.9 Å². The summed E-state index contributed by atoms with van der Waals surface area (Å²) in [5.74, 6) is -0.699. The largest absolute Gasteiger partial charge is 0.321 e. The van der Waals surface area contributed by atoms with Crippen LogP contribution < -0.4 is 5.32 Å². The molecule has 0 aliphatic rings. The van der Waals surface area contributed by atoms with Gasteiger partial charge < -0.3 is 9.72 Å². The van der Waals surface area contributed by atoms with E-state index in [9.17, 15) is 9.18 Å². The number of nitrogens with one attached hydrogen (secondary N) is 1. The number of carbonyl (C=O) groups is 1. The van der Waals surface area contributed by atoms with Gasteiger partial charge in [-0.15, -0.1) is 0 Å². The van der Waals surface area contributed by atoms with E-state index >= 15 is 0 Å². The lowest BCUT2D eigenvalue weighted by molar-refractivity contribution is 0.102. The van der Waals surface area contributed by atoms with Crippen LogP contribution in [0.25, 0.3) is 5.65 Å². The minimum Gasteiger partial charge on any atom is -0.321 e. The van der Waals surface area contributed by atoms with Crippen molar-refractivity contribution in [3.63, 3.8) is 0 Å². The molecule has 0 saturated carbocycles. The van der Waals surface area contributed by atoms with Gasteiger partial charge in [0.1, 0.15) is 17.2 Å². The maximum Gasteiger partial charge on any atom is 0.275 e. The number of halogens is 1. The van der Waals surface area contributed by atoms with Crippen LogP contribution in [0.5, 0.6) is 0 Å². The molecule has 0 aliphatic carbocycles. The third-order valence-electron chi connectivity index (χ3n) is 2.68. The first kappa shape index (κ1) is 11.4. The van der Waals surface area contributed by atoms with E-state index in [2.05, 4.69) is 10.3 Å². The van der Waals surface area contributed by atoms with Gasteiger partial charge in [-0.05, 0) is 24.3 Å². The van der Waals surface area contributed by atoms with E-state index in [0.717, 1.165) is 0 Å². The van der Waals surface area contributed by atoms with Crippen molar-refractivity contribution in [2.75, 3.05) is 5.32 Å². The Labute approximate surface area is 108 Å². The molecule has 0 unspecified atom stereocenters. The van der Waals surface area contributed by atoms with E-state index in [-0.39, 0.29) is 17.4 Å². The normalized spacial score (nSPS) is 10.6. The van der Waals surface area contributed by atoms with Crippen molar-refractivity contribution in [1.82, 2.24) is 9.38 Å². The number of nitrogens with zero attached hydrogens (tertiary/aromatic N) is 2. The molecule has 4 nitrogen and oxygen atoms in total. The molecule has 0 fully saturated rings. The smallest absolute Gasteiger partial charge is 0.275 e. The summed E-state index contributed by atoms with van der Waals surface area (Å²) < 4.78 is 14.5. The van der Waals surface area contributed by atoms with Crippen molar-refractivity contribution in [2.24, 2.45) is 0 Å². The molecule has 0 radical (unpaired) electrons. The molecule has 0 aliphatic heterocycles. The van der Waals surface area contributed by atoms with Crippen molar-refractivity contribution < 1.29 is 9.18 Å². The summed E-state index contributed by atoms with van der Waals surface area (Å²) in [7, 11) is 0. The van der Waals surface area contributed by atoms with E-state index in [4.69, 9.17) is 0 Å². The number of imidazole rings is 1. The quantitative estimate of drug-likeness (QED) is 0.765. The van der Waals surface area contributed by atoms with Gasteiger partial charge in [0.25, 0.3) is 5.91 Å². The van der Waals surface area contributed by atoms with Gasteiger partial charge in [-0.3, -0.25) is 4.79 Å². The second-order valence-corrected chi connectivity index (χ2v) is 4.06. The fourth-order valence-electron chi connectivity index (χ4n) is 1.79. The SMILES string of the molecule is O=C(Nc1ccccc1)c1cn2cc(F)ccc2n1. The van der Waals surface area contributed by atoms with E-state index in [0.29, 0.717) is 11.3 Å². The van der Waals surface area contributed by atoms with Crippen LogP contribution in [0.2, 0.25) is 0 Å². The number of para-hydroxylation sites is 1. The first-order valence-corrected chi connectivity index (χ1v) is 5.73. The molecular weight excluding hydrogens is 245 g/mol. The highest BCUT2D eigenvalue weighted by atomic mass is 19.1. The van der Waals surface area contributed by atoms with Crippen LogP contribution in [0.1, 0.15) is 10.5 Å². The van der Waals surface area contributed by atoms with Crippen molar-refractivity contribution in [3.05, 3.63) is 66.4 Å². The van der Waals surface area contributed by atoms with Crippen LogP contribution in [0.4, 0.5) is 10.1 Å². The number of aromatic nitrogens is 2. The lowest BCUT2D eigenvalue weighted by Gasteiger charge is -2.01. The monoisotopic (exact) mass is 255 g/mol. The molecule has 19 heavy (non-hydrogen) atoms. The number of hydrogen-bond acceptors (Lipinski definition) is 2. The number of pyridine rings is 1. The molecule has 94 valence electrons. The predicted molar refractivity (Wildman–Crippen MR) is 69.5 cm³/mol. The molecule has 0 bridgehead atoms. The zero-order valence-corrected chi connectivity index (χ0v) is 9.88. The molecule has 2 aromatic heterocycles. The second kappa shape index (κ2) is 4.53. The van der Waals surface area contributed by atoms with Crippen LogP contribution in [0, 0.1) is 5.82 Å². The van der Waals surface area contributed by atoms with Gasteiger partial charge in [-0.1, -0.05) is 18.2 Å². The van der Waals surface area contributed by atoms with Crippen LogP contribution in [-0.4, -0.2) is 15.3 Å². The fourth-order valence-corrected chi connectivity index (χ4v) is 1.79. The Morgan fingerprint density at radius 3 is 2.68 bits per heavy atom. The fraction of sp³-hybridized carbons (Fsp3) is 0. The molecule has 2 heterocycles. The minimum absolute atomic E-state index is 0.245. The summed E-state index contributed by atoms with van der Waals surface area (Å²) >= 11 is 0. The van der Waals surface area contributed by atoms with Crippen molar-refractivity contribution >= 4 is 17.2 Å². The van der Waals surface area contributed by atoms with Gasteiger partial charge in [-0.2, -0.15) is 0 Å². The number of rotatable bonds is 2. The summed E-state index contributed by atoms with van der Waals surface area (Å²) in [5, 5.41) is 2.73. The summed E-state index contributed by atoms with van der Waals surface area (Å²) in [4.78, 5) is 16.1. The molecule has 0 spiro atoms. The van der Waals surface area contributed by atoms with Gasteiger partial charge in [0.15, 0.2) is 0 Å². The van der Waals surface area contributed by atoms with Crippen LogP contribution in [-0.2, 0) is 0 Å². The van der Waals surface area contributed by atoms with Crippen LogP contribution in [0.3, 0.4) is 0 Å². The molecule has 1 amide bonds. The van der Waals surface area contributed by atoms with Gasteiger partial charge in [0.05, 0.1) is 0 Å². The summed E-state index contributed by atoms with van der Waals surface area (Å²) in [6.45, 7) is 0. The number of carbonyl (C=O) groups excluding carboxylic acids is 1. The highest BCUT2D eigenvalue weighted by Crippen LogP contribution is 2.10. The number of amides is 1. The number of anilines is 1. The topological polar surface area (TPSA) is 46.4 Å². The van der Waals surface area contributed by atoms with Gasteiger partial charge in [0, 0.05) is 18.1 Å². The molecular formula is C14H10FN3O. The second-order valence-electron chi connectivity index (χ2n) is 4.06. The molecule has 3 aromatic rings. The molecule has 5 heteroatoms. The van der Waals surface area contributed by atoms with Gasteiger partial charge in [0.2, 0.25) is 0 Å². The average molecular weight is 255 g/mol. The Balaban J connectivity index is 1.89. The van der Waals surface area contributed by atoms with Crippen molar-refractivity contribution in [1.29, 1.82) is 0 Å². The molecule has 0 atom stereocenters. The van der Waals surface area contributed by atoms with E-state index < -0.39 is 0 Å². The molecule has 3 rings (SSSR count). The third-order valence-corrected chi connectivity index (χ3v) is 2.68. The zero-order chi connectivity index (χ0) is 13.2. The Hall–Kier alpha value is -2.69. The Morgan fingerprint density at radius 1 is 1.11 bits per heavy atom. The molecule has 0 saturated heterocycles. The molecule has 1 N–H and O–H groups in total. The first-order chi connectivity index (χ1) is 9.22. The Bertz CT molecular complexity index is 737. The van der Waals surface area contributed by atoms with E-state index in [1.54, 1.807) is 12.1 Å². The third kappa shape index (κ3) is 2.30. The lowest BCUT2D eigenvalue weighted by atomic mass is 10.3. The predicted octanol–water partition coefficient (Wildman–Crippen LogP) is 2.73. The van der Waals surface area contributed by atoms with Gasteiger partial charge in [-0.25, -0.2) is 9.37 Å². The highest BCUT2D eigenvalue weighted by Gasteiger charge is 2.11. The summed E-state index contributed by atoms with van der Waals surface area (Å²) in [6.07, 6.45) is 2.78. The number of benzene rings is 1. The average Bonchev–Trinajstić information content (AvgIpc) is 2.83. The minimum atomic E-state index is -0.375. The standard InChI is InChI=1S/C14H10FN3O/c15-10-6-7-13-17-12(9-18(13)8-10)14(19)16-11-4-2-1-3-5-11/h1-9H,(H,16,19). The first-order valence-electron chi connectivity index (χ1n) is 5.73. The van der Waals surface area contributed by atoms with Crippen molar-refractivity contribution in [3.8, 4) is 0 Å². The maximum absolute atomic E-state index is 13.0. The summed E-state index contributed by atoms with van der Waals surface area (Å²) in [5.41, 5.74) is 1.46.